The third kappa shape index (κ3) is 6.28. The number of nitriles is 1. The number of nitrogens with zero attached hydrogens (tertiary/aromatic N) is 1. The largest absolute Gasteiger partial charge is 0.462 e. The minimum atomic E-state index is -0.566. The lowest BCUT2D eigenvalue weighted by Crippen LogP contribution is -2.14. The number of amides is 1. The summed E-state index contributed by atoms with van der Waals surface area (Å²) in [7, 11) is 0. The summed E-state index contributed by atoms with van der Waals surface area (Å²) in [5.74, 6) is -1.01. The summed E-state index contributed by atoms with van der Waals surface area (Å²) in [6.45, 7) is 2.36. The first-order valence-electron chi connectivity index (χ1n) is 8.49. The van der Waals surface area contributed by atoms with E-state index in [9.17, 15) is 14.9 Å². The van der Waals surface area contributed by atoms with Crippen molar-refractivity contribution >= 4 is 35.2 Å². The maximum absolute atomic E-state index is 12.4. The number of ether oxygens (including phenoxy) is 1. The van der Waals surface area contributed by atoms with Gasteiger partial charge in [-0.1, -0.05) is 43.1 Å². The molecule has 0 heterocycles. The number of rotatable bonds is 7. The normalized spacial score (nSPS) is 10.8. The van der Waals surface area contributed by atoms with Crippen molar-refractivity contribution in [3.8, 4) is 6.07 Å². The number of hydrogen-bond donors (Lipinski definition) is 1. The van der Waals surface area contributed by atoms with Gasteiger partial charge in [0.05, 0.1) is 12.2 Å². The van der Waals surface area contributed by atoms with Gasteiger partial charge in [0, 0.05) is 10.7 Å². The minimum Gasteiger partial charge on any atom is -0.462 e. The molecule has 0 saturated heterocycles. The van der Waals surface area contributed by atoms with E-state index >= 15 is 0 Å². The van der Waals surface area contributed by atoms with E-state index in [1.54, 1.807) is 42.5 Å². The average molecular weight is 383 g/mol. The molecule has 5 nitrogen and oxygen atoms in total. The zero-order valence-electron chi connectivity index (χ0n) is 14.9. The molecule has 6 heteroatoms. The highest BCUT2D eigenvalue weighted by molar-refractivity contribution is 6.30. The number of unbranched alkanes of at least 4 members (excludes halogenated alkanes) is 1. The lowest BCUT2D eigenvalue weighted by molar-refractivity contribution is -0.112. The van der Waals surface area contributed by atoms with Crippen LogP contribution in [0.2, 0.25) is 5.02 Å². The van der Waals surface area contributed by atoms with Crippen molar-refractivity contribution in [1.29, 1.82) is 5.26 Å². The van der Waals surface area contributed by atoms with Gasteiger partial charge in [0.1, 0.15) is 11.6 Å². The van der Waals surface area contributed by atoms with Crippen LogP contribution in [0.4, 0.5) is 5.69 Å². The van der Waals surface area contributed by atoms with E-state index < -0.39 is 11.9 Å². The summed E-state index contributed by atoms with van der Waals surface area (Å²) in [6, 6.07) is 15.1. The van der Waals surface area contributed by atoms with E-state index in [1.165, 1.54) is 12.1 Å². The molecule has 2 rings (SSSR count). The SMILES string of the molecule is CCCCOC(=O)c1cccc(NC(=O)/C(C#N)=C/c2ccc(Cl)cc2)c1. The van der Waals surface area contributed by atoms with Crippen LogP contribution < -0.4 is 5.32 Å². The van der Waals surface area contributed by atoms with Crippen molar-refractivity contribution < 1.29 is 14.3 Å². The van der Waals surface area contributed by atoms with Crippen LogP contribution in [-0.2, 0) is 9.53 Å². The van der Waals surface area contributed by atoms with Crippen LogP contribution in [0.25, 0.3) is 6.08 Å². The van der Waals surface area contributed by atoms with Crippen molar-refractivity contribution in [2.75, 3.05) is 11.9 Å². The summed E-state index contributed by atoms with van der Waals surface area (Å²) < 4.78 is 5.16. The smallest absolute Gasteiger partial charge is 0.338 e. The first-order valence-corrected chi connectivity index (χ1v) is 8.87. The van der Waals surface area contributed by atoms with Crippen LogP contribution in [-0.4, -0.2) is 18.5 Å². The lowest BCUT2D eigenvalue weighted by atomic mass is 10.1. The van der Waals surface area contributed by atoms with Crippen molar-refractivity contribution in [1.82, 2.24) is 0 Å². The van der Waals surface area contributed by atoms with E-state index in [0.717, 1.165) is 12.8 Å². The predicted molar refractivity (Wildman–Crippen MR) is 105 cm³/mol. The third-order valence-electron chi connectivity index (χ3n) is 3.63. The molecule has 0 aromatic heterocycles. The van der Waals surface area contributed by atoms with Crippen molar-refractivity contribution in [2.45, 2.75) is 19.8 Å². The summed E-state index contributed by atoms with van der Waals surface area (Å²) in [6.07, 6.45) is 3.19. The molecule has 0 saturated carbocycles. The fraction of sp³-hybridized carbons (Fsp3) is 0.190. The molecule has 1 amide bonds. The van der Waals surface area contributed by atoms with Gasteiger partial charge in [-0.05, 0) is 48.4 Å². The Labute approximate surface area is 163 Å². The van der Waals surface area contributed by atoms with Crippen molar-refractivity contribution in [3.63, 3.8) is 0 Å². The van der Waals surface area contributed by atoms with E-state index in [1.807, 2.05) is 13.0 Å². The number of hydrogen-bond acceptors (Lipinski definition) is 4. The second-order valence-electron chi connectivity index (χ2n) is 5.75. The van der Waals surface area contributed by atoms with Gasteiger partial charge in [-0.2, -0.15) is 5.26 Å². The number of carbonyl (C=O) groups is 2. The Hall–Kier alpha value is -3.10. The summed E-state index contributed by atoms with van der Waals surface area (Å²) in [5, 5.41) is 12.5. The summed E-state index contributed by atoms with van der Waals surface area (Å²) in [5.41, 5.74) is 1.36. The van der Waals surface area contributed by atoms with E-state index in [4.69, 9.17) is 16.3 Å². The van der Waals surface area contributed by atoms with Crippen LogP contribution in [0.5, 0.6) is 0 Å². The van der Waals surface area contributed by atoms with Crippen LogP contribution in [0.3, 0.4) is 0 Å². The molecule has 0 bridgehead atoms. The van der Waals surface area contributed by atoms with Gasteiger partial charge in [-0.3, -0.25) is 4.79 Å². The van der Waals surface area contributed by atoms with Gasteiger partial charge in [-0.25, -0.2) is 4.79 Å². The first-order chi connectivity index (χ1) is 13.0. The molecule has 138 valence electrons. The molecular weight excluding hydrogens is 364 g/mol. The lowest BCUT2D eigenvalue weighted by Gasteiger charge is -2.07. The Kier molecular flexibility index (Phi) is 7.60. The molecule has 2 aromatic carbocycles. The van der Waals surface area contributed by atoms with Gasteiger partial charge >= 0.3 is 5.97 Å². The number of carbonyl (C=O) groups excluding carboxylic acids is 2. The molecule has 0 aliphatic carbocycles. The van der Waals surface area contributed by atoms with Gasteiger partial charge < -0.3 is 10.1 Å². The zero-order chi connectivity index (χ0) is 19.6. The van der Waals surface area contributed by atoms with Gasteiger partial charge in [-0.15, -0.1) is 0 Å². The van der Waals surface area contributed by atoms with Crippen molar-refractivity contribution in [3.05, 3.63) is 70.3 Å². The predicted octanol–water partition coefficient (Wildman–Crippen LogP) is 4.84. The van der Waals surface area contributed by atoms with Crippen LogP contribution in [0, 0.1) is 11.3 Å². The highest BCUT2D eigenvalue weighted by Gasteiger charge is 2.12. The summed E-state index contributed by atoms with van der Waals surface area (Å²) >= 11 is 5.83. The Morgan fingerprint density at radius 3 is 2.63 bits per heavy atom. The molecule has 27 heavy (non-hydrogen) atoms. The van der Waals surface area contributed by atoms with Gasteiger partial charge in [0.15, 0.2) is 0 Å². The van der Waals surface area contributed by atoms with Crippen molar-refractivity contribution in [2.24, 2.45) is 0 Å². The minimum absolute atomic E-state index is 0.0618. The molecular formula is C21H19ClN2O3. The Morgan fingerprint density at radius 2 is 1.96 bits per heavy atom. The molecule has 1 N–H and O–H groups in total. The van der Waals surface area contributed by atoms with E-state index in [-0.39, 0.29) is 5.57 Å². The molecule has 0 unspecified atom stereocenters. The molecule has 2 aromatic rings. The topological polar surface area (TPSA) is 79.2 Å². The molecule has 0 aliphatic heterocycles. The van der Waals surface area contributed by atoms with E-state index in [0.29, 0.717) is 28.4 Å². The number of nitrogens with one attached hydrogen (secondary N) is 1. The number of esters is 1. The number of anilines is 1. The summed E-state index contributed by atoms with van der Waals surface area (Å²) in [4.78, 5) is 24.4. The van der Waals surface area contributed by atoms with Gasteiger partial charge in [0.2, 0.25) is 0 Å². The fourth-order valence-electron chi connectivity index (χ4n) is 2.19. The maximum atomic E-state index is 12.4. The monoisotopic (exact) mass is 382 g/mol. The molecule has 0 atom stereocenters. The molecule has 0 fully saturated rings. The third-order valence-corrected chi connectivity index (χ3v) is 3.89. The maximum Gasteiger partial charge on any atom is 0.338 e. The van der Waals surface area contributed by atoms with Gasteiger partial charge in [0.25, 0.3) is 5.91 Å². The quantitative estimate of drug-likeness (QED) is 0.321. The van der Waals surface area contributed by atoms with Crippen LogP contribution in [0.1, 0.15) is 35.7 Å². The van der Waals surface area contributed by atoms with Crippen LogP contribution >= 0.6 is 11.6 Å². The van der Waals surface area contributed by atoms with E-state index in [2.05, 4.69) is 5.32 Å². The van der Waals surface area contributed by atoms with Crippen LogP contribution in [0.15, 0.2) is 54.1 Å². The fourth-order valence-corrected chi connectivity index (χ4v) is 2.32. The Balaban J connectivity index is 2.10. The molecule has 0 spiro atoms. The number of halogens is 1. The average Bonchev–Trinajstić information content (AvgIpc) is 2.67. The highest BCUT2D eigenvalue weighted by atomic mass is 35.5. The molecule has 0 aliphatic rings. The number of benzene rings is 2. The Bertz CT molecular complexity index is 883. The standard InChI is InChI=1S/C21H19ClN2O3/c1-2-3-11-27-21(26)16-5-4-6-19(13-16)24-20(25)17(14-23)12-15-7-9-18(22)10-8-15/h4-10,12-13H,2-3,11H2,1H3,(H,24,25)/b17-12+. The first kappa shape index (κ1) is 20.2. The molecule has 0 radical (unpaired) electrons. The highest BCUT2D eigenvalue weighted by Crippen LogP contribution is 2.16. The Morgan fingerprint density at radius 1 is 1.22 bits per heavy atom. The zero-order valence-corrected chi connectivity index (χ0v) is 15.6. The second-order valence-corrected chi connectivity index (χ2v) is 6.18. The second kappa shape index (κ2) is 10.1.